The first-order valence-electron chi connectivity index (χ1n) is 5.32. The Labute approximate surface area is 114 Å². The molecule has 5 nitrogen and oxygen atoms in total. The summed E-state index contributed by atoms with van der Waals surface area (Å²) in [5.41, 5.74) is 1.37. The van der Waals surface area contributed by atoms with Gasteiger partial charge in [0.1, 0.15) is 0 Å². The minimum atomic E-state index is -0.612. The number of benzene rings is 1. The third-order valence-electron chi connectivity index (χ3n) is 2.48. The molecular formula is C11H12Cl2N2O3. The molecule has 1 unspecified atom stereocenters. The minimum Gasteiger partial charge on any atom is -0.394 e. The maximum Gasteiger partial charge on any atom is 0.158 e. The van der Waals surface area contributed by atoms with Crippen LogP contribution in [0.1, 0.15) is 6.23 Å². The molecule has 1 heterocycles. The monoisotopic (exact) mass is 290 g/mol. The molecule has 0 bridgehead atoms. The Kier molecular flexibility index (Phi) is 4.42. The van der Waals surface area contributed by atoms with Crippen LogP contribution < -0.4 is 0 Å². The van der Waals surface area contributed by atoms with Crippen LogP contribution in [0.3, 0.4) is 0 Å². The molecule has 0 saturated carbocycles. The summed E-state index contributed by atoms with van der Waals surface area (Å²) < 4.78 is 6.96. The molecule has 0 fully saturated rings. The standard InChI is InChI=1S/C11H12Cl2N2O3/c12-7-3-9-10(4-8(7)13)15(6-14-9)11(5-17)18-2-1-16/h3-4,6,11,16-17H,1-2,5H2. The zero-order valence-electron chi connectivity index (χ0n) is 9.38. The fraction of sp³-hybridized carbons (Fsp3) is 0.364. The van der Waals surface area contributed by atoms with Crippen molar-refractivity contribution in [1.82, 2.24) is 9.55 Å². The maximum absolute atomic E-state index is 9.29. The highest BCUT2D eigenvalue weighted by molar-refractivity contribution is 6.42. The van der Waals surface area contributed by atoms with Crippen molar-refractivity contribution in [3.63, 3.8) is 0 Å². The van der Waals surface area contributed by atoms with Gasteiger partial charge >= 0.3 is 0 Å². The van der Waals surface area contributed by atoms with E-state index in [9.17, 15) is 5.11 Å². The summed E-state index contributed by atoms with van der Waals surface area (Å²) in [6, 6.07) is 3.31. The van der Waals surface area contributed by atoms with Crippen LogP contribution in [-0.2, 0) is 4.74 Å². The normalized spacial score (nSPS) is 13.1. The SMILES string of the molecule is OCCOC(CO)n1cnc2cc(Cl)c(Cl)cc21. The van der Waals surface area contributed by atoms with Gasteiger partial charge in [0.05, 0.1) is 47.2 Å². The molecule has 2 aromatic rings. The van der Waals surface area contributed by atoms with Gasteiger partial charge in [0.2, 0.25) is 0 Å². The largest absolute Gasteiger partial charge is 0.394 e. The summed E-state index contributed by atoms with van der Waals surface area (Å²) in [5.74, 6) is 0. The number of imidazole rings is 1. The number of aliphatic hydroxyl groups is 2. The van der Waals surface area contributed by atoms with E-state index in [1.807, 2.05) is 0 Å². The lowest BCUT2D eigenvalue weighted by atomic mass is 10.3. The summed E-state index contributed by atoms with van der Waals surface area (Å²) in [6.07, 6.45) is 0.926. The molecule has 18 heavy (non-hydrogen) atoms. The number of ether oxygens (including phenoxy) is 1. The van der Waals surface area contributed by atoms with Crippen LogP contribution in [0.4, 0.5) is 0 Å². The number of hydrogen-bond acceptors (Lipinski definition) is 4. The molecule has 0 radical (unpaired) electrons. The van der Waals surface area contributed by atoms with Crippen LogP contribution in [0.5, 0.6) is 0 Å². The van der Waals surface area contributed by atoms with E-state index < -0.39 is 6.23 Å². The van der Waals surface area contributed by atoms with Gasteiger partial charge in [0.15, 0.2) is 6.23 Å². The van der Waals surface area contributed by atoms with Crippen LogP contribution in [0.15, 0.2) is 18.5 Å². The van der Waals surface area contributed by atoms with Gasteiger partial charge in [-0.25, -0.2) is 4.98 Å². The van der Waals surface area contributed by atoms with E-state index in [4.69, 9.17) is 33.0 Å². The topological polar surface area (TPSA) is 67.5 Å². The van der Waals surface area contributed by atoms with E-state index in [0.717, 1.165) is 0 Å². The van der Waals surface area contributed by atoms with Crippen molar-refractivity contribution in [2.75, 3.05) is 19.8 Å². The summed E-state index contributed by atoms with van der Waals surface area (Å²) in [7, 11) is 0. The van der Waals surface area contributed by atoms with Gasteiger partial charge in [-0.1, -0.05) is 23.2 Å². The second kappa shape index (κ2) is 5.86. The average molecular weight is 291 g/mol. The van der Waals surface area contributed by atoms with Gasteiger partial charge in [-0.3, -0.25) is 0 Å². The second-order valence-corrected chi connectivity index (χ2v) is 4.45. The summed E-state index contributed by atoms with van der Waals surface area (Å²) in [5, 5.41) is 18.9. The summed E-state index contributed by atoms with van der Waals surface area (Å²) in [6.45, 7) is -0.215. The van der Waals surface area contributed by atoms with E-state index in [0.29, 0.717) is 21.1 Å². The minimum absolute atomic E-state index is 0.115. The van der Waals surface area contributed by atoms with Gasteiger partial charge in [0.25, 0.3) is 0 Å². The molecule has 0 aliphatic carbocycles. The van der Waals surface area contributed by atoms with Crippen molar-refractivity contribution >= 4 is 34.2 Å². The fourth-order valence-electron chi connectivity index (χ4n) is 1.66. The van der Waals surface area contributed by atoms with Crippen molar-refractivity contribution < 1.29 is 14.9 Å². The molecule has 0 aliphatic heterocycles. The predicted molar refractivity (Wildman–Crippen MR) is 68.9 cm³/mol. The molecule has 0 spiro atoms. The van der Waals surface area contributed by atoms with Crippen molar-refractivity contribution in [2.45, 2.75) is 6.23 Å². The van der Waals surface area contributed by atoms with Gasteiger partial charge in [-0.05, 0) is 12.1 Å². The molecule has 0 aliphatic rings. The Hall–Kier alpha value is -0.850. The smallest absolute Gasteiger partial charge is 0.158 e. The Morgan fingerprint density at radius 3 is 2.67 bits per heavy atom. The number of hydrogen-bond donors (Lipinski definition) is 2. The molecule has 0 amide bonds. The molecular weight excluding hydrogens is 279 g/mol. The molecule has 0 saturated heterocycles. The first kappa shape index (κ1) is 13.6. The van der Waals surface area contributed by atoms with E-state index in [1.54, 1.807) is 16.7 Å². The first-order valence-corrected chi connectivity index (χ1v) is 6.08. The Morgan fingerprint density at radius 2 is 2.00 bits per heavy atom. The van der Waals surface area contributed by atoms with E-state index in [2.05, 4.69) is 4.98 Å². The number of aliphatic hydroxyl groups excluding tert-OH is 2. The zero-order valence-corrected chi connectivity index (χ0v) is 10.9. The zero-order chi connectivity index (χ0) is 13.1. The molecule has 2 N–H and O–H groups in total. The van der Waals surface area contributed by atoms with Crippen molar-refractivity contribution in [1.29, 1.82) is 0 Å². The predicted octanol–water partition coefficient (Wildman–Crippen LogP) is 1.84. The van der Waals surface area contributed by atoms with Crippen LogP contribution >= 0.6 is 23.2 Å². The van der Waals surface area contributed by atoms with Gasteiger partial charge in [-0.15, -0.1) is 0 Å². The number of rotatable bonds is 5. The average Bonchev–Trinajstić information content (AvgIpc) is 2.74. The van der Waals surface area contributed by atoms with Gasteiger partial charge in [-0.2, -0.15) is 0 Å². The highest BCUT2D eigenvalue weighted by atomic mass is 35.5. The Bertz CT molecular complexity index is 544. The molecule has 7 heteroatoms. The van der Waals surface area contributed by atoms with Crippen LogP contribution in [0, 0.1) is 0 Å². The third-order valence-corrected chi connectivity index (χ3v) is 3.21. The third kappa shape index (κ3) is 2.60. The lowest BCUT2D eigenvalue weighted by molar-refractivity contribution is -0.0441. The van der Waals surface area contributed by atoms with E-state index in [-0.39, 0.29) is 19.8 Å². The van der Waals surface area contributed by atoms with Crippen molar-refractivity contribution in [3.8, 4) is 0 Å². The van der Waals surface area contributed by atoms with Gasteiger partial charge < -0.3 is 19.5 Å². The van der Waals surface area contributed by atoms with Gasteiger partial charge in [0, 0.05) is 0 Å². The summed E-state index contributed by atoms with van der Waals surface area (Å²) in [4.78, 5) is 4.16. The number of halogens is 2. The van der Waals surface area contributed by atoms with Crippen LogP contribution in [-0.4, -0.2) is 39.6 Å². The van der Waals surface area contributed by atoms with Crippen LogP contribution in [0.25, 0.3) is 11.0 Å². The molecule has 2 rings (SSSR count). The lowest BCUT2D eigenvalue weighted by Crippen LogP contribution is -2.17. The molecule has 1 atom stereocenters. The highest BCUT2D eigenvalue weighted by Gasteiger charge is 2.14. The Balaban J connectivity index is 2.40. The molecule has 1 aromatic heterocycles. The highest BCUT2D eigenvalue weighted by Crippen LogP contribution is 2.28. The first-order chi connectivity index (χ1) is 8.67. The number of aromatic nitrogens is 2. The maximum atomic E-state index is 9.29. The number of fused-ring (bicyclic) bond motifs is 1. The van der Waals surface area contributed by atoms with E-state index >= 15 is 0 Å². The molecule has 98 valence electrons. The van der Waals surface area contributed by atoms with Crippen molar-refractivity contribution in [2.24, 2.45) is 0 Å². The van der Waals surface area contributed by atoms with Crippen LogP contribution in [0.2, 0.25) is 10.0 Å². The van der Waals surface area contributed by atoms with Crippen molar-refractivity contribution in [3.05, 3.63) is 28.5 Å². The summed E-state index contributed by atoms with van der Waals surface area (Å²) >= 11 is 11.9. The molecule has 1 aromatic carbocycles. The second-order valence-electron chi connectivity index (χ2n) is 3.64. The fourth-order valence-corrected chi connectivity index (χ4v) is 1.98. The Morgan fingerprint density at radius 1 is 1.28 bits per heavy atom. The lowest BCUT2D eigenvalue weighted by Gasteiger charge is -2.17. The number of nitrogens with zero attached hydrogens (tertiary/aromatic N) is 2. The van der Waals surface area contributed by atoms with E-state index in [1.165, 1.54) is 6.33 Å². The quantitative estimate of drug-likeness (QED) is 0.882.